The van der Waals surface area contributed by atoms with Crippen LogP contribution >= 0.6 is 22.9 Å². The average Bonchev–Trinajstić information content (AvgIpc) is 3.04. The zero-order valence-electron chi connectivity index (χ0n) is 12.8. The van der Waals surface area contributed by atoms with Crippen molar-refractivity contribution in [2.75, 3.05) is 5.32 Å². The van der Waals surface area contributed by atoms with Crippen LogP contribution in [0.4, 0.5) is 5.13 Å². The van der Waals surface area contributed by atoms with Crippen LogP contribution in [0, 0.1) is 0 Å². The van der Waals surface area contributed by atoms with Gasteiger partial charge < -0.3 is 4.74 Å². The fraction of sp³-hybridized carbons (Fsp3) is 0.118. The number of anilines is 1. The van der Waals surface area contributed by atoms with E-state index in [0.717, 1.165) is 5.56 Å². The summed E-state index contributed by atoms with van der Waals surface area (Å²) >= 11 is 7.40. The van der Waals surface area contributed by atoms with Crippen LogP contribution in [0.15, 0.2) is 54.6 Å². The quantitative estimate of drug-likeness (QED) is 0.739. The number of nitrogens with one attached hydrogen (secondary N) is 1. The highest BCUT2D eigenvalue weighted by Crippen LogP contribution is 2.31. The molecule has 0 aliphatic rings. The lowest BCUT2D eigenvalue weighted by molar-refractivity contribution is -0.122. The Morgan fingerprint density at radius 3 is 2.58 bits per heavy atom. The number of para-hydroxylation sites is 1. The van der Waals surface area contributed by atoms with Crippen LogP contribution in [-0.2, 0) is 4.79 Å². The molecular weight excluding hydrogens is 346 g/mol. The monoisotopic (exact) mass is 359 g/mol. The van der Waals surface area contributed by atoms with Crippen molar-refractivity contribution in [2.45, 2.75) is 13.0 Å². The summed E-state index contributed by atoms with van der Waals surface area (Å²) in [7, 11) is 0. The molecule has 5 nitrogen and oxygen atoms in total. The smallest absolute Gasteiger partial charge is 0.266 e. The summed E-state index contributed by atoms with van der Waals surface area (Å²) in [6, 6.07) is 16.5. The van der Waals surface area contributed by atoms with E-state index >= 15 is 0 Å². The van der Waals surface area contributed by atoms with Gasteiger partial charge in [0.2, 0.25) is 5.13 Å². The Kier molecular flexibility index (Phi) is 5.08. The van der Waals surface area contributed by atoms with Gasteiger partial charge in [-0.2, -0.15) is 0 Å². The second-order valence-corrected chi connectivity index (χ2v) is 6.34. The second-order valence-electron chi connectivity index (χ2n) is 4.95. The number of amides is 1. The number of ether oxygens (including phenoxy) is 1. The maximum absolute atomic E-state index is 12.2. The van der Waals surface area contributed by atoms with Crippen LogP contribution < -0.4 is 10.1 Å². The summed E-state index contributed by atoms with van der Waals surface area (Å²) in [5.41, 5.74) is 0.783. The number of nitrogens with zero attached hydrogens (tertiary/aromatic N) is 2. The van der Waals surface area contributed by atoms with Gasteiger partial charge in [0, 0.05) is 5.56 Å². The lowest BCUT2D eigenvalue weighted by atomic mass is 10.2. The predicted octanol–water partition coefficient (Wildman–Crippen LogP) is 4.26. The van der Waals surface area contributed by atoms with E-state index in [1.165, 1.54) is 11.3 Å². The molecule has 2 aromatic carbocycles. The maximum atomic E-state index is 12.2. The second kappa shape index (κ2) is 7.42. The minimum Gasteiger partial charge on any atom is -0.481 e. The van der Waals surface area contributed by atoms with E-state index in [-0.39, 0.29) is 5.91 Å². The minimum absolute atomic E-state index is 0.291. The van der Waals surface area contributed by atoms with E-state index in [4.69, 9.17) is 16.3 Å². The topological polar surface area (TPSA) is 64.1 Å². The summed E-state index contributed by atoms with van der Waals surface area (Å²) in [4.78, 5) is 12.2. The largest absolute Gasteiger partial charge is 0.481 e. The average molecular weight is 360 g/mol. The Morgan fingerprint density at radius 2 is 1.83 bits per heavy atom. The van der Waals surface area contributed by atoms with Crippen LogP contribution in [0.2, 0.25) is 5.02 Å². The Labute approximate surface area is 148 Å². The van der Waals surface area contributed by atoms with Crippen molar-refractivity contribution >= 4 is 34.0 Å². The molecule has 0 radical (unpaired) electrons. The highest BCUT2D eigenvalue weighted by molar-refractivity contribution is 7.18. The van der Waals surface area contributed by atoms with Crippen molar-refractivity contribution in [1.29, 1.82) is 0 Å². The molecule has 122 valence electrons. The number of benzene rings is 2. The van der Waals surface area contributed by atoms with Crippen molar-refractivity contribution in [2.24, 2.45) is 0 Å². The maximum Gasteiger partial charge on any atom is 0.266 e. The van der Waals surface area contributed by atoms with Gasteiger partial charge in [-0.25, -0.2) is 0 Å². The normalized spacial score (nSPS) is 11.8. The van der Waals surface area contributed by atoms with Crippen molar-refractivity contribution in [3.8, 4) is 16.3 Å². The Bertz CT molecular complexity index is 839. The summed E-state index contributed by atoms with van der Waals surface area (Å²) < 4.78 is 5.58. The van der Waals surface area contributed by atoms with Crippen molar-refractivity contribution in [3.05, 3.63) is 59.6 Å². The van der Waals surface area contributed by atoms with Gasteiger partial charge in [-0.3, -0.25) is 10.1 Å². The third kappa shape index (κ3) is 3.90. The van der Waals surface area contributed by atoms with E-state index in [1.807, 2.05) is 36.4 Å². The van der Waals surface area contributed by atoms with E-state index in [9.17, 15) is 4.79 Å². The molecule has 1 N–H and O–H groups in total. The molecule has 1 unspecified atom stereocenters. The predicted molar refractivity (Wildman–Crippen MR) is 95.5 cm³/mol. The molecule has 1 aromatic heterocycles. The highest BCUT2D eigenvalue weighted by Gasteiger charge is 2.17. The van der Waals surface area contributed by atoms with Gasteiger partial charge in [0.1, 0.15) is 5.75 Å². The summed E-state index contributed by atoms with van der Waals surface area (Å²) in [6.07, 6.45) is -0.653. The zero-order chi connectivity index (χ0) is 16.9. The molecular formula is C17H14ClN3O2S. The number of aromatic nitrogens is 2. The lowest BCUT2D eigenvalue weighted by Gasteiger charge is -2.13. The molecule has 1 amide bonds. The van der Waals surface area contributed by atoms with Crippen LogP contribution in [0.1, 0.15) is 6.92 Å². The molecule has 0 saturated carbocycles. The Hall–Kier alpha value is -2.44. The first-order valence-corrected chi connectivity index (χ1v) is 8.44. The van der Waals surface area contributed by atoms with Crippen molar-refractivity contribution < 1.29 is 9.53 Å². The molecule has 0 bridgehead atoms. The van der Waals surface area contributed by atoms with Gasteiger partial charge in [0.05, 0.1) is 5.02 Å². The van der Waals surface area contributed by atoms with Crippen LogP contribution in [0.3, 0.4) is 0 Å². The Balaban J connectivity index is 1.66. The summed E-state index contributed by atoms with van der Waals surface area (Å²) in [5, 5.41) is 12.4. The first kappa shape index (κ1) is 16.4. The van der Waals surface area contributed by atoms with Crippen molar-refractivity contribution in [1.82, 2.24) is 10.2 Å². The van der Waals surface area contributed by atoms with Crippen LogP contribution in [0.25, 0.3) is 10.6 Å². The molecule has 0 aliphatic carbocycles. The van der Waals surface area contributed by atoms with Crippen LogP contribution in [0.5, 0.6) is 5.75 Å². The first-order valence-electron chi connectivity index (χ1n) is 7.24. The molecule has 0 spiro atoms. The van der Waals surface area contributed by atoms with E-state index in [0.29, 0.717) is 20.9 Å². The fourth-order valence-electron chi connectivity index (χ4n) is 1.98. The molecule has 3 rings (SSSR count). The number of rotatable bonds is 5. The minimum atomic E-state index is -0.653. The van der Waals surface area contributed by atoms with Gasteiger partial charge in [-0.05, 0) is 25.1 Å². The van der Waals surface area contributed by atoms with Crippen molar-refractivity contribution in [3.63, 3.8) is 0 Å². The zero-order valence-corrected chi connectivity index (χ0v) is 14.3. The van der Waals surface area contributed by atoms with Gasteiger partial charge in [0.15, 0.2) is 11.1 Å². The molecule has 1 atom stereocenters. The summed E-state index contributed by atoms with van der Waals surface area (Å²) in [5.74, 6) is 0.342. The highest BCUT2D eigenvalue weighted by atomic mass is 35.5. The van der Waals surface area contributed by atoms with E-state index in [1.54, 1.807) is 25.1 Å². The Morgan fingerprint density at radius 1 is 1.12 bits per heavy atom. The molecule has 0 aliphatic heterocycles. The first-order chi connectivity index (χ1) is 11.6. The molecule has 0 fully saturated rings. The van der Waals surface area contributed by atoms with Gasteiger partial charge >= 0.3 is 0 Å². The molecule has 7 heteroatoms. The molecule has 1 heterocycles. The molecule has 3 aromatic rings. The van der Waals surface area contributed by atoms with E-state index < -0.39 is 6.10 Å². The van der Waals surface area contributed by atoms with Gasteiger partial charge in [0.25, 0.3) is 5.91 Å². The van der Waals surface area contributed by atoms with Gasteiger partial charge in [-0.15, -0.1) is 10.2 Å². The van der Waals surface area contributed by atoms with Crippen LogP contribution in [-0.4, -0.2) is 22.2 Å². The number of carbonyl (C=O) groups excluding carboxylic acids is 1. The molecule has 0 saturated heterocycles. The molecule has 24 heavy (non-hydrogen) atoms. The third-order valence-electron chi connectivity index (χ3n) is 3.18. The SMILES string of the molecule is CC(Oc1ccccc1)C(=O)Nc1nnc(-c2ccccc2Cl)s1. The number of hydrogen-bond donors (Lipinski definition) is 1. The van der Waals surface area contributed by atoms with E-state index in [2.05, 4.69) is 15.5 Å². The third-order valence-corrected chi connectivity index (χ3v) is 4.39. The standard InChI is InChI=1S/C17H14ClN3O2S/c1-11(23-12-7-3-2-4-8-12)15(22)19-17-21-20-16(24-17)13-9-5-6-10-14(13)18/h2-11H,1H3,(H,19,21,22). The number of halogens is 1. The number of hydrogen-bond acceptors (Lipinski definition) is 5. The summed E-state index contributed by atoms with van der Waals surface area (Å²) in [6.45, 7) is 1.68. The van der Waals surface area contributed by atoms with Gasteiger partial charge in [-0.1, -0.05) is 59.3 Å². The lowest BCUT2D eigenvalue weighted by Crippen LogP contribution is -2.30. The fourth-order valence-corrected chi connectivity index (χ4v) is 3.05. The number of carbonyl (C=O) groups is 1.